The number of hydrogen-bond donors (Lipinski definition) is 3. The van der Waals surface area contributed by atoms with E-state index in [1.54, 1.807) is 12.1 Å². The highest BCUT2D eigenvalue weighted by molar-refractivity contribution is 5.94. The number of aromatic nitrogens is 1. The number of nitrogens with zero attached hydrogens (tertiary/aromatic N) is 1. The number of amides is 1. The SMILES string of the molecule is O=C(N[C@H]1C[C@@H](CO)[C@H](O)C1)c1ccc(-n2cccc2)cc1. The molecule has 5 heteroatoms. The zero-order valence-corrected chi connectivity index (χ0v) is 12.2. The van der Waals surface area contributed by atoms with Crippen molar-refractivity contribution in [1.29, 1.82) is 0 Å². The topological polar surface area (TPSA) is 74.5 Å². The van der Waals surface area contributed by atoms with Crippen molar-refractivity contribution in [2.24, 2.45) is 5.92 Å². The molecule has 0 radical (unpaired) electrons. The predicted octanol–water partition coefficient (Wildman–Crippen LogP) is 1.34. The lowest BCUT2D eigenvalue weighted by Gasteiger charge is -2.13. The van der Waals surface area contributed by atoms with Gasteiger partial charge in [-0.3, -0.25) is 4.79 Å². The first-order valence-electron chi connectivity index (χ1n) is 7.50. The summed E-state index contributed by atoms with van der Waals surface area (Å²) in [5.74, 6) is -0.281. The molecule has 116 valence electrons. The van der Waals surface area contributed by atoms with Crippen LogP contribution in [0, 0.1) is 5.92 Å². The van der Waals surface area contributed by atoms with E-state index in [1.165, 1.54) is 0 Å². The number of carbonyl (C=O) groups is 1. The van der Waals surface area contributed by atoms with Crippen molar-refractivity contribution in [2.45, 2.75) is 25.0 Å². The van der Waals surface area contributed by atoms with Gasteiger partial charge in [0.1, 0.15) is 0 Å². The largest absolute Gasteiger partial charge is 0.396 e. The maximum Gasteiger partial charge on any atom is 0.251 e. The molecule has 1 fully saturated rings. The van der Waals surface area contributed by atoms with Crippen molar-refractivity contribution in [3.63, 3.8) is 0 Å². The number of benzene rings is 1. The van der Waals surface area contributed by atoms with Crippen LogP contribution in [0.15, 0.2) is 48.8 Å². The van der Waals surface area contributed by atoms with Crippen molar-refractivity contribution >= 4 is 5.91 Å². The number of nitrogens with one attached hydrogen (secondary N) is 1. The molecule has 1 aliphatic rings. The molecule has 0 unspecified atom stereocenters. The second-order valence-electron chi connectivity index (χ2n) is 5.79. The van der Waals surface area contributed by atoms with E-state index in [2.05, 4.69) is 5.32 Å². The summed E-state index contributed by atoms with van der Waals surface area (Å²) in [6, 6.07) is 11.2. The fourth-order valence-electron chi connectivity index (χ4n) is 2.98. The lowest BCUT2D eigenvalue weighted by atomic mass is 10.1. The van der Waals surface area contributed by atoms with E-state index in [1.807, 2.05) is 41.2 Å². The minimum Gasteiger partial charge on any atom is -0.396 e. The molecule has 3 N–H and O–H groups in total. The maximum absolute atomic E-state index is 12.2. The molecule has 3 rings (SSSR count). The standard InChI is InChI=1S/C17H20N2O3/c20-11-13-9-14(10-16(13)21)18-17(22)12-3-5-15(6-4-12)19-7-1-2-8-19/h1-8,13-14,16,20-21H,9-11H2,(H,18,22)/t13-,14-,16+/m0/s1. The summed E-state index contributed by atoms with van der Waals surface area (Å²) in [6.07, 6.45) is 4.48. The molecule has 1 aromatic heterocycles. The molecule has 0 spiro atoms. The summed E-state index contributed by atoms with van der Waals surface area (Å²) in [7, 11) is 0. The Balaban J connectivity index is 1.63. The molecule has 1 saturated carbocycles. The predicted molar refractivity (Wildman–Crippen MR) is 82.8 cm³/mol. The molecule has 5 nitrogen and oxygen atoms in total. The number of carbonyl (C=O) groups excluding carboxylic acids is 1. The first-order chi connectivity index (χ1) is 10.7. The van der Waals surface area contributed by atoms with E-state index in [0.29, 0.717) is 18.4 Å². The first-order valence-corrected chi connectivity index (χ1v) is 7.50. The maximum atomic E-state index is 12.2. The van der Waals surface area contributed by atoms with E-state index < -0.39 is 6.10 Å². The Hall–Kier alpha value is -2.11. The van der Waals surface area contributed by atoms with Crippen LogP contribution in [0.4, 0.5) is 0 Å². The van der Waals surface area contributed by atoms with Crippen molar-refractivity contribution in [2.75, 3.05) is 6.61 Å². The molecule has 1 aliphatic carbocycles. The fourth-order valence-corrected chi connectivity index (χ4v) is 2.98. The summed E-state index contributed by atoms with van der Waals surface area (Å²) < 4.78 is 1.97. The Bertz CT molecular complexity index is 622. The molecule has 0 aliphatic heterocycles. The summed E-state index contributed by atoms with van der Waals surface area (Å²) in [4.78, 5) is 12.2. The summed E-state index contributed by atoms with van der Waals surface area (Å²) >= 11 is 0. The highest BCUT2D eigenvalue weighted by Crippen LogP contribution is 2.26. The van der Waals surface area contributed by atoms with Crippen LogP contribution >= 0.6 is 0 Å². The smallest absolute Gasteiger partial charge is 0.251 e. The number of hydrogen-bond acceptors (Lipinski definition) is 3. The van der Waals surface area contributed by atoms with Crippen molar-refractivity contribution < 1.29 is 15.0 Å². The minimum absolute atomic E-state index is 0.0426. The molecule has 1 amide bonds. The Labute approximate surface area is 129 Å². The van der Waals surface area contributed by atoms with Gasteiger partial charge in [-0.2, -0.15) is 0 Å². The Morgan fingerprint density at radius 2 is 1.86 bits per heavy atom. The van der Waals surface area contributed by atoms with Crippen LogP contribution in [-0.4, -0.2) is 39.4 Å². The van der Waals surface area contributed by atoms with Gasteiger partial charge in [0.15, 0.2) is 0 Å². The second kappa shape index (κ2) is 6.34. The first kappa shape index (κ1) is 14.8. The van der Waals surface area contributed by atoms with Crippen LogP contribution in [0.3, 0.4) is 0 Å². The molecule has 22 heavy (non-hydrogen) atoms. The zero-order valence-electron chi connectivity index (χ0n) is 12.2. The quantitative estimate of drug-likeness (QED) is 0.797. The summed E-state index contributed by atoms with van der Waals surface area (Å²) in [5.41, 5.74) is 1.59. The Morgan fingerprint density at radius 3 is 2.45 bits per heavy atom. The van der Waals surface area contributed by atoms with Crippen molar-refractivity contribution in [3.05, 3.63) is 54.4 Å². The molecule has 2 aromatic rings. The highest BCUT2D eigenvalue weighted by atomic mass is 16.3. The normalized spacial score (nSPS) is 24.4. The lowest BCUT2D eigenvalue weighted by molar-refractivity contribution is 0.0903. The van der Waals surface area contributed by atoms with Crippen LogP contribution in [0.25, 0.3) is 5.69 Å². The summed E-state index contributed by atoms with van der Waals surface area (Å²) in [5, 5.41) is 21.8. The van der Waals surface area contributed by atoms with Gasteiger partial charge in [0.05, 0.1) is 6.10 Å². The monoisotopic (exact) mass is 300 g/mol. The van der Waals surface area contributed by atoms with Gasteiger partial charge in [0.25, 0.3) is 5.91 Å². The highest BCUT2D eigenvalue weighted by Gasteiger charge is 2.33. The number of aliphatic hydroxyl groups is 2. The number of rotatable bonds is 4. The molecular weight excluding hydrogens is 280 g/mol. The van der Waals surface area contributed by atoms with Gasteiger partial charge in [0, 0.05) is 42.2 Å². The van der Waals surface area contributed by atoms with Gasteiger partial charge in [-0.25, -0.2) is 0 Å². The third-order valence-corrected chi connectivity index (χ3v) is 4.26. The van der Waals surface area contributed by atoms with E-state index in [4.69, 9.17) is 5.11 Å². The van der Waals surface area contributed by atoms with Crippen LogP contribution in [0.2, 0.25) is 0 Å². The Morgan fingerprint density at radius 1 is 1.18 bits per heavy atom. The third kappa shape index (κ3) is 3.05. The molecule has 3 atom stereocenters. The fraction of sp³-hybridized carbons (Fsp3) is 0.353. The Kier molecular flexibility index (Phi) is 4.27. The molecule has 1 heterocycles. The van der Waals surface area contributed by atoms with Gasteiger partial charge in [0.2, 0.25) is 0 Å². The molecule has 1 aromatic carbocycles. The van der Waals surface area contributed by atoms with Crippen LogP contribution < -0.4 is 5.32 Å². The minimum atomic E-state index is -0.536. The molecule has 0 bridgehead atoms. The van der Waals surface area contributed by atoms with Crippen LogP contribution in [-0.2, 0) is 0 Å². The van der Waals surface area contributed by atoms with E-state index in [9.17, 15) is 9.90 Å². The van der Waals surface area contributed by atoms with Crippen LogP contribution in [0.5, 0.6) is 0 Å². The van der Waals surface area contributed by atoms with E-state index >= 15 is 0 Å². The van der Waals surface area contributed by atoms with E-state index in [-0.39, 0.29) is 24.5 Å². The van der Waals surface area contributed by atoms with Crippen molar-refractivity contribution in [3.8, 4) is 5.69 Å². The number of aliphatic hydroxyl groups excluding tert-OH is 2. The van der Waals surface area contributed by atoms with Crippen LogP contribution in [0.1, 0.15) is 23.2 Å². The molecular formula is C17H20N2O3. The lowest BCUT2D eigenvalue weighted by Crippen LogP contribution is -2.33. The molecule has 0 saturated heterocycles. The zero-order chi connectivity index (χ0) is 15.5. The van der Waals surface area contributed by atoms with Gasteiger partial charge < -0.3 is 20.1 Å². The summed E-state index contributed by atoms with van der Waals surface area (Å²) in [6.45, 7) is -0.0426. The van der Waals surface area contributed by atoms with Gasteiger partial charge >= 0.3 is 0 Å². The van der Waals surface area contributed by atoms with E-state index in [0.717, 1.165) is 5.69 Å². The van der Waals surface area contributed by atoms with Gasteiger partial charge in [-0.1, -0.05) is 0 Å². The van der Waals surface area contributed by atoms with Gasteiger partial charge in [-0.15, -0.1) is 0 Å². The average molecular weight is 300 g/mol. The van der Waals surface area contributed by atoms with Gasteiger partial charge in [-0.05, 0) is 49.2 Å². The second-order valence-corrected chi connectivity index (χ2v) is 5.79. The third-order valence-electron chi connectivity index (χ3n) is 4.26. The van der Waals surface area contributed by atoms with Crippen molar-refractivity contribution in [1.82, 2.24) is 9.88 Å². The average Bonchev–Trinajstić information content (AvgIpc) is 3.17.